The smallest absolute Gasteiger partial charge is 0.129 e. The van der Waals surface area contributed by atoms with Crippen LogP contribution in [0.25, 0.3) is 65.7 Å². The minimum Gasteiger partial charge on any atom is -0.507 e. The van der Waals surface area contributed by atoms with Gasteiger partial charge in [0.15, 0.2) is 0 Å². The molecule has 7 aromatic rings. The van der Waals surface area contributed by atoms with Crippen molar-refractivity contribution in [1.29, 1.82) is 0 Å². The summed E-state index contributed by atoms with van der Waals surface area (Å²) in [5.74, 6) is 0.0327. The van der Waals surface area contributed by atoms with E-state index in [1.807, 2.05) is 18.2 Å². The van der Waals surface area contributed by atoms with E-state index in [9.17, 15) is 10.2 Å². The van der Waals surface area contributed by atoms with Gasteiger partial charge in [0.1, 0.15) is 19.3 Å². The van der Waals surface area contributed by atoms with Gasteiger partial charge < -0.3 is 10.2 Å². The van der Waals surface area contributed by atoms with Crippen molar-refractivity contribution in [3.05, 3.63) is 126 Å². The summed E-state index contributed by atoms with van der Waals surface area (Å²) < 4.78 is 0. The molecule has 0 aromatic heterocycles. The number of hydrogen-bond donors (Lipinski definition) is 2. The van der Waals surface area contributed by atoms with Crippen LogP contribution in [0, 0.1) is 13.8 Å². The first kappa shape index (κ1) is 25.0. The third kappa shape index (κ3) is 3.73. The van der Waals surface area contributed by atoms with Crippen molar-refractivity contribution in [3.8, 4) is 44.9 Å². The van der Waals surface area contributed by atoms with Gasteiger partial charge in [0, 0.05) is 16.7 Å². The predicted octanol–water partition coefficient (Wildman–Crippen LogP) is 8.97. The Morgan fingerprint density at radius 3 is 1.41 bits per heavy atom. The monoisotopic (exact) mass is 526 g/mol. The molecule has 0 aliphatic heterocycles. The van der Waals surface area contributed by atoms with E-state index in [-0.39, 0.29) is 11.5 Å². The molecule has 3 heteroatoms. The lowest BCUT2D eigenvalue weighted by atomic mass is 9.77. The van der Waals surface area contributed by atoms with E-state index >= 15 is 0 Å². The summed E-state index contributed by atoms with van der Waals surface area (Å²) in [7, 11) is 6.64. The summed E-state index contributed by atoms with van der Waals surface area (Å²) in [4.78, 5) is 0. The summed E-state index contributed by atoms with van der Waals surface area (Å²) in [5.41, 5.74) is 7.46. The Bertz CT molecular complexity index is 2060. The molecular formula is C38H27BO2. The second kappa shape index (κ2) is 9.57. The molecule has 0 aliphatic carbocycles. The molecule has 0 spiro atoms. The fraction of sp³-hybridized carbons (Fsp3) is 0.0526. The summed E-state index contributed by atoms with van der Waals surface area (Å²) in [6, 6.07) is 40.2. The molecule has 0 amide bonds. The van der Waals surface area contributed by atoms with E-state index in [1.54, 1.807) is 13.8 Å². The van der Waals surface area contributed by atoms with Crippen LogP contribution in [-0.2, 0) is 0 Å². The average molecular weight is 526 g/mol. The molecule has 0 saturated carbocycles. The Hall–Kier alpha value is -5.02. The number of fused-ring (bicyclic) bond motifs is 3. The van der Waals surface area contributed by atoms with Gasteiger partial charge in [0.05, 0.1) is 0 Å². The molecule has 0 atom stereocenters. The van der Waals surface area contributed by atoms with E-state index in [0.29, 0.717) is 22.2 Å². The number of rotatable bonds is 3. The molecular weight excluding hydrogens is 499 g/mol. The molecule has 7 aromatic carbocycles. The highest BCUT2D eigenvalue weighted by Crippen LogP contribution is 2.48. The van der Waals surface area contributed by atoms with Crippen molar-refractivity contribution in [2.75, 3.05) is 0 Å². The maximum absolute atomic E-state index is 11.4. The predicted molar refractivity (Wildman–Crippen MR) is 173 cm³/mol. The topological polar surface area (TPSA) is 40.5 Å². The van der Waals surface area contributed by atoms with Crippen molar-refractivity contribution in [3.63, 3.8) is 0 Å². The van der Waals surface area contributed by atoms with Gasteiger partial charge in [-0.3, -0.25) is 0 Å². The van der Waals surface area contributed by atoms with Gasteiger partial charge in [-0.1, -0.05) is 121 Å². The molecule has 2 nitrogen and oxygen atoms in total. The lowest BCUT2D eigenvalue weighted by Crippen LogP contribution is -2.13. The molecule has 2 N–H and O–H groups in total. The number of aromatic hydroxyl groups is 2. The molecule has 0 heterocycles. The van der Waals surface area contributed by atoms with Crippen LogP contribution < -0.4 is 5.46 Å². The fourth-order valence-electron chi connectivity index (χ4n) is 6.35. The van der Waals surface area contributed by atoms with E-state index in [2.05, 4.69) is 97.1 Å². The van der Waals surface area contributed by atoms with Crippen LogP contribution >= 0.6 is 0 Å². The third-order valence-corrected chi connectivity index (χ3v) is 8.44. The van der Waals surface area contributed by atoms with E-state index in [0.717, 1.165) is 38.2 Å². The quantitative estimate of drug-likeness (QED) is 0.178. The Balaban J connectivity index is 1.64. The number of phenols is 2. The highest BCUT2D eigenvalue weighted by Gasteiger charge is 2.24. The molecule has 0 fully saturated rings. The van der Waals surface area contributed by atoms with Crippen LogP contribution in [0.5, 0.6) is 11.5 Å². The summed E-state index contributed by atoms with van der Waals surface area (Å²) in [6.07, 6.45) is 0. The third-order valence-electron chi connectivity index (χ3n) is 8.44. The zero-order chi connectivity index (χ0) is 28.2. The van der Waals surface area contributed by atoms with Crippen molar-refractivity contribution in [2.24, 2.45) is 0 Å². The second-order valence-corrected chi connectivity index (χ2v) is 10.6. The highest BCUT2D eigenvalue weighted by molar-refractivity contribution is 6.40. The summed E-state index contributed by atoms with van der Waals surface area (Å²) in [5, 5.41) is 28.5. The van der Waals surface area contributed by atoms with Crippen LogP contribution in [0.1, 0.15) is 11.1 Å². The maximum Gasteiger partial charge on any atom is 0.129 e. The molecule has 0 unspecified atom stereocenters. The van der Waals surface area contributed by atoms with Gasteiger partial charge in [-0.2, -0.15) is 0 Å². The fourth-order valence-corrected chi connectivity index (χ4v) is 6.35. The number of phenolic OH excluding ortho intramolecular Hbond substituents is 2. The lowest BCUT2D eigenvalue weighted by Gasteiger charge is -2.22. The largest absolute Gasteiger partial charge is 0.507 e. The van der Waals surface area contributed by atoms with Gasteiger partial charge in [0.25, 0.3) is 0 Å². The SMILES string of the molecule is [B]c1c(C)c(O)c(C)c(O)c1-c1c2ccccc2c(-c2ccc(-c3ccccc3)c3ccccc23)c2ccccc12. The average Bonchev–Trinajstić information content (AvgIpc) is 3.02. The van der Waals surface area contributed by atoms with E-state index in [4.69, 9.17) is 7.85 Å². The first-order valence-electron chi connectivity index (χ1n) is 13.8. The summed E-state index contributed by atoms with van der Waals surface area (Å²) >= 11 is 0. The summed E-state index contributed by atoms with van der Waals surface area (Å²) in [6.45, 7) is 3.51. The normalized spacial score (nSPS) is 11.5. The van der Waals surface area contributed by atoms with Gasteiger partial charge in [0.2, 0.25) is 0 Å². The minimum atomic E-state index is 0.00585. The van der Waals surface area contributed by atoms with Crippen LogP contribution in [-0.4, -0.2) is 18.1 Å². The Kier molecular flexibility index (Phi) is 5.83. The van der Waals surface area contributed by atoms with Gasteiger partial charge in [-0.25, -0.2) is 0 Å². The van der Waals surface area contributed by atoms with Crippen LogP contribution in [0.15, 0.2) is 115 Å². The van der Waals surface area contributed by atoms with Crippen molar-refractivity contribution in [1.82, 2.24) is 0 Å². The van der Waals surface area contributed by atoms with Crippen LogP contribution in [0.2, 0.25) is 0 Å². The molecule has 41 heavy (non-hydrogen) atoms. The zero-order valence-electron chi connectivity index (χ0n) is 22.9. The zero-order valence-corrected chi connectivity index (χ0v) is 22.9. The van der Waals surface area contributed by atoms with E-state index in [1.165, 1.54) is 21.9 Å². The number of benzene rings is 7. The van der Waals surface area contributed by atoms with Crippen LogP contribution in [0.3, 0.4) is 0 Å². The van der Waals surface area contributed by atoms with E-state index < -0.39 is 0 Å². The molecule has 7 rings (SSSR count). The van der Waals surface area contributed by atoms with Crippen molar-refractivity contribution >= 4 is 45.6 Å². The Morgan fingerprint density at radius 2 is 0.854 bits per heavy atom. The first-order chi connectivity index (χ1) is 20.0. The van der Waals surface area contributed by atoms with Crippen molar-refractivity contribution < 1.29 is 10.2 Å². The molecule has 0 aliphatic rings. The van der Waals surface area contributed by atoms with Crippen LogP contribution in [0.4, 0.5) is 0 Å². The Labute approximate surface area is 240 Å². The number of hydrogen-bond acceptors (Lipinski definition) is 2. The van der Waals surface area contributed by atoms with Crippen molar-refractivity contribution in [2.45, 2.75) is 13.8 Å². The van der Waals surface area contributed by atoms with Gasteiger partial charge >= 0.3 is 0 Å². The molecule has 0 bridgehead atoms. The maximum atomic E-state index is 11.4. The lowest BCUT2D eigenvalue weighted by molar-refractivity contribution is 0.443. The first-order valence-corrected chi connectivity index (χ1v) is 13.8. The highest BCUT2D eigenvalue weighted by atomic mass is 16.3. The molecule has 2 radical (unpaired) electrons. The molecule has 194 valence electrons. The van der Waals surface area contributed by atoms with Gasteiger partial charge in [-0.15, -0.1) is 0 Å². The molecule has 0 saturated heterocycles. The Morgan fingerprint density at radius 1 is 0.415 bits per heavy atom. The standard InChI is InChI=1S/C38H27BO2/c1-22-36(39)35(38(41)23(2)37(22)40)34-30-18-10-8-16-28(30)33(29-17-9-11-19-31(29)34)32-21-20-25(24-12-4-3-5-13-24)26-14-6-7-15-27(26)32/h3-21,40-41H,1-2H3. The second-order valence-electron chi connectivity index (χ2n) is 10.6. The van der Waals surface area contributed by atoms with Gasteiger partial charge in [-0.05, 0) is 74.0 Å². The minimum absolute atomic E-state index is 0.00585.